The number of hydroxylamine groups is 2. The molecule has 0 spiro atoms. The fourth-order valence-electron chi connectivity index (χ4n) is 0.455. The topological polar surface area (TPSA) is 41.6 Å². The molecule has 0 fully saturated rings. The molecule has 0 rings (SSSR count). The van der Waals surface area contributed by atoms with E-state index in [0.29, 0.717) is 6.54 Å². The molecule has 0 aromatic rings. The highest BCUT2D eigenvalue weighted by molar-refractivity contribution is 5.76. The second-order valence-corrected chi connectivity index (χ2v) is 1.88. The lowest BCUT2D eigenvalue weighted by Crippen LogP contribution is -2.34. The SMILES string of the molecule is C#CCNCC(=O)N(C)OC. The molecule has 1 N–H and O–H groups in total. The Balaban J connectivity index is 3.46. The molecule has 62 valence electrons. The first kappa shape index (κ1) is 9.95. The first-order chi connectivity index (χ1) is 5.22. The standard InChI is InChI=1S/C7H12N2O2/c1-4-5-8-6-7(10)9(2)11-3/h1,8H,5-6H2,2-3H3. The van der Waals surface area contributed by atoms with Crippen LogP contribution in [-0.4, -0.2) is 38.2 Å². The van der Waals surface area contributed by atoms with Crippen LogP contribution < -0.4 is 5.32 Å². The van der Waals surface area contributed by atoms with Crippen LogP contribution in [0, 0.1) is 12.3 Å². The molecule has 0 atom stereocenters. The minimum Gasteiger partial charge on any atom is -0.298 e. The molecular weight excluding hydrogens is 144 g/mol. The summed E-state index contributed by atoms with van der Waals surface area (Å²) in [7, 11) is 2.97. The predicted molar refractivity (Wildman–Crippen MR) is 41.5 cm³/mol. The summed E-state index contributed by atoms with van der Waals surface area (Å²) in [4.78, 5) is 15.6. The molecule has 0 bridgehead atoms. The normalized spacial score (nSPS) is 8.82. The van der Waals surface area contributed by atoms with Crippen LogP contribution in [0.15, 0.2) is 0 Å². The van der Waals surface area contributed by atoms with E-state index >= 15 is 0 Å². The van der Waals surface area contributed by atoms with E-state index in [1.165, 1.54) is 7.11 Å². The Morgan fingerprint density at radius 2 is 2.45 bits per heavy atom. The Hall–Kier alpha value is -1.05. The van der Waals surface area contributed by atoms with Crippen molar-refractivity contribution in [2.45, 2.75) is 0 Å². The van der Waals surface area contributed by atoms with E-state index in [2.05, 4.69) is 16.1 Å². The maximum absolute atomic E-state index is 10.9. The minimum absolute atomic E-state index is 0.150. The molecule has 0 aliphatic rings. The number of hydrogen-bond acceptors (Lipinski definition) is 3. The van der Waals surface area contributed by atoms with Crippen molar-refractivity contribution in [1.82, 2.24) is 10.4 Å². The van der Waals surface area contributed by atoms with Crippen LogP contribution in [0.25, 0.3) is 0 Å². The maximum Gasteiger partial charge on any atom is 0.259 e. The summed E-state index contributed by atoms with van der Waals surface area (Å²) in [6, 6.07) is 0. The van der Waals surface area contributed by atoms with Crippen molar-refractivity contribution in [3.05, 3.63) is 0 Å². The highest BCUT2D eigenvalue weighted by Gasteiger charge is 2.04. The highest BCUT2D eigenvalue weighted by Crippen LogP contribution is 1.80. The number of hydrogen-bond donors (Lipinski definition) is 1. The van der Waals surface area contributed by atoms with Crippen molar-refractivity contribution < 1.29 is 9.63 Å². The van der Waals surface area contributed by atoms with Gasteiger partial charge in [0.2, 0.25) is 0 Å². The van der Waals surface area contributed by atoms with Crippen molar-refractivity contribution in [3.63, 3.8) is 0 Å². The van der Waals surface area contributed by atoms with Gasteiger partial charge in [-0.3, -0.25) is 14.9 Å². The smallest absolute Gasteiger partial charge is 0.259 e. The number of likely N-dealkylation sites (N-methyl/N-ethyl adjacent to an activating group) is 1. The first-order valence-electron chi connectivity index (χ1n) is 3.17. The zero-order valence-corrected chi connectivity index (χ0v) is 6.76. The molecular formula is C7H12N2O2. The van der Waals surface area contributed by atoms with Gasteiger partial charge >= 0.3 is 0 Å². The van der Waals surface area contributed by atoms with E-state index in [0.717, 1.165) is 5.06 Å². The second kappa shape index (κ2) is 5.71. The van der Waals surface area contributed by atoms with Crippen molar-refractivity contribution in [2.75, 3.05) is 27.2 Å². The van der Waals surface area contributed by atoms with Gasteiger partial charge in [0, 0.05) is 7.05 Å². The van der Waals surface area contributed by atoms with E-state index < -0.39 is 0 Å². The van der Waals surface area contributed by atoms with Crippen LogP contribution in [0.5, 0.6) is 0 Å². The quantitative estimate of drug-likeness (QED) is 0.330. The lowest BCUT2D eigenvalue weighted by atomic mass is 10.5. The minimum atomic E-state index is -0.150. The Kier molecular flexibility index (Phi) is 5.17. The molecule has 4 nitrogen and oxygen atoms in total. The molecule has 4 heteroatoms. The fraction of sp³-hybridized carbons (Fsp3) is 0.571. The van der Waals surface area contributed by atoms with Crippen molar-refractivity contribution in [1.29, 1.82) is 0 Å². The van der Waals surface area contributed by atoms with Crippen molar-refractivity contribution in [2.24, 2.45) is 0 Å². The molecule has 0 heterocycles. The predicted octanol–water partition coefficient (Wildman–Crippen LogP) is -0.771. The van der Waals surface area contributed by atoms with Crippen LogP contribution in [0.2, 0.25) is 0 Å². The van der Waals surface area contributed by atoms with E-state index in [1.54, 1.807) is 7.05 Å². The zero-order valence-electron chi connectivity index (χ0n) is 6.76. The lowest BCUT2D eigenvalue weighted by Gasteiger charge is -2.12. The lowest BCUT2D eigenvalue weighted by molar-refractivity contribution is -0.167. The van der Waals surface area contributed by atoms with Crippen molar-refractivity contribution in [3.8, 4) is 12.3 Å². The third kappa shape index (κ3) is 4.37. The molecule has 0 saturated heterocycles. The maximum atomic E-state index is 10.9. The molecule has 0 aliphatic carbocycles. The third-order valence-electron chi connectivity index (χ3n) is 1.13. The summed E-state index contributed by atoms with van der Waals surface area (Å²) in [5.41, 5.74) is 0. The number of carbonyl (C=O) groups excluding carboxylic acids is 1. The van der Waals surface area contributed by atoms with Crippen LogP contribution in [-0.2, 0) is 9.63 Å². The summed E-state index contributed by atoms with van der Waals surface area (Å²) in [6.07, 6.45) is 4.95. The Morgan fingerprint density at radius 1 is 1.82 bits per heavy atom. The van der Waals surface area contributed by atoms with Gasteiger partial charge in [0.1, 0.15) is 0 Å². The van der Waals surface area contributed by atoms with Crippen LogP contribution in [0.3, 0.4) is 0 Å². The van der Waals surface area contributed by atoms with E-state index in [4.69, 9.17) is 6.42 Å². The second-order valence-electron chi connectivity index (χ2n) is 1.88. The van der Waals surface area contributed by atoms with Gasteiger partial charge in [-0.05, 0) is 0 Å². The van der Waals surface area contributed by atoms with Gasteiger partial charge < -0.3 is 0 Å². The van der Waals surface area contributed by atoms with Gasteiger partial charge in [0.05, 0.1) is 20.2 Å². The number of nitrogens with zero attached hydrogens (tertiary/aromatic N) is 1. The summed E-state index contributed by atoms with van der Waals surface area (Å²) < 4.78 is 0. The van der Waals surface area contributed by atoms with E-state index in [-0.39, 0.29) is 12.5 Å². The average Bonchev–Trinajstić information content (AvgIpc) is 2.03. The van der Waals surface area contributed by atoms with Gasteiger partial charge in [0.25, 0.3) is 5.91 Å². The summed E-state index contributed by atoms with van der Waals surface area (Å²) in [5.74, 6) is 2.21. The summed E-state index contributed by atoms with van der Waals surface area (Å²) >= 11 is 0. The molecule has 0 aliphatic heterocycles. The largest absolute Gasteiger partial charge is 0.298 e. The molecule has 0 unspecified atom stereocenters. The number of terminal acetylenes is 1. The van der Waals surface area contributed by atoms with E-state index in [1.807, 2.05) is 0 Å². The molecule has 0 aromatic heterocycles. The number of nitrogens with one attached hydrogen (secondary N) is 1. The Morgan fingerprint density at radius 3 is 2.91 bits per heavy atom. The number of rotatable bonds is 4. The zero-order chi connectivity index (χ0) is 8.69. The van der Waals surface area contributed by atoms with Gasteiger partial charge in [-0.25, -0.2) is 5.06 Å². The van der Waals surface area contributed by atoms with E-state index in [9.17, 15) is 4.79 Å². The molecule has 0 saturated carbocycles. The number of carbonyl (C=O) groups is 1. The van der Waals surface area contributed by atoms with Crippen LogP contribution in [0.1, 0.15) is 0 Å². The fourth-order valence-corrected chi connectivity index (χ4v) is 0.455. The average molecular weight is 156 g/mol. The summed E-state index contributed by atoms with van der Waals surface area (Å²) in [5, 5.41) is 3.89. The van der Waals surface area contributed by atoms with Gasteiger partial charge in [0.15, 0.2) is 0 Å². The Bertz CT molecular complexity index is 162. The molecule has 1 amide bonds. The first-order valence-corrected chi connectivity index (χ1v) is 3.17. The summed E-state index contributed by atoms with van der Waals surface area (Å²) in [6.45, 7) is 0.595. The van der Waals surface area contributed by atoms with Crippen LogP contribution >= 0.6 is 0 Å². The van der Waals surface area contributed by atoms with Gasteiger partial charge in [-0.2, -0.15) is 0 Å². The van der Waals surface area contributed by atoms with Gasteiger partial charge in [-0.1, -0.05) is 5.92 Å². The van der Waals surface area contributed by atoms with Gasteiger partial charge in [-0.15, -0.1) is 6.42 Å². The van der Waals surface area contributed by atoms with Crippen LogP contribution in [0.4, 0.5) is 0 Å². The molecule has 0 aromatic carbocycles. The van der Waals surface area contributed by atoms with Crippen molar-refractivity contribution >= 4 is 5.91 Å². The monoisotopic (exact) mass is 156 g/mol. The third-order valence-corrected chi connectivity index (χ3v) is 1.13. The Labute approximate surface area is 66.5 Å². The molecule has 0 radical (unpaired) electrons. The highest BCUT2D eigenvalue weighted by atomic mass is 16.7. The number of amides is 1. The molecule has 11 heavy (non-hydrogen) atoms.